The third kappa shape index (κ3) is 4.50. The Morgan fingerprint density at radius 2 is 2.03 bits per heavy atom. The van der Waals surface area contributed by atoms with E-state index in [0.29, 0.717) is 27.8 Å². The van der Waals surface area contributed by atoms with E-state index >= 15 is 0 Å². The Balaban J connectivity index is 1.70. The van der Waals surface area contributed by atoms with Crippen LogP contribution in [0.5, 0.6) is 0 Å². The standard InChI is InChI=1S/C22H18ClN5O2S/c1-13-14(2)24-22(26-21(13)30)28-19(12-17(27-28)18-8-5-11-31-18)25-20(29)10-9-15-6-3-4-7-16(15)23/h3-12H,1-2H3,(H,25,29)(H,24,26,30)/b10-9+. The van der Waals surface area contributed by atoms with E-state index in [1.54, 1.807) is 32.1 Å². The van der Waals surface area contributed by atoms with Crippen molar-refractivity contribution in [1.29, 1.82) is 0 Å². The highest BCUT2D eigenvalue weighted by Gasteiger charge is 2.16. The zero-order valence-electron chi connectivity index (χ0n) is 16.7. The molecule has 2 N–H and O–H groups in total. The first-order valence-corrected chi connectivity index (χ1v) is 10.6. The molecule has 9 heteroatoms. The van der Waals surface area contributed by atoms with Crippen LogP contribution in [0.2, 0.25) is 5.02 Å². The number of aromatic nitrogens is 4. The third-order valence-electron chi connectivity index (χ3n) is 4.64. The number of carbonyl (C=O) groups excluding carboxylic acids is 1. The fraction of sp³-hybridized carbons (Fsp3) is 0.0909. The molecule has 0 saturated carbocycles. The number of hydrogen-bond donors (Lipinski definition) is 2. The molecule has 0 bridgehead atoms. The third-order valence-corrected chi connectivity index (χ3v) is 5.87. The van der Waals surface area contributed by atoms with Gasteiger partial charge in [0.1, 0.15) is 11.5 Å². The molecule has 0 saturated heterocycles. The molecule has 4 aromatic rings. The van der Waals surface area contributed by atoms with Crippen molar-refractivity contribution >= 4 is 40.7 Å². The minimum Gasteiger partial charge on any atom is -0.307 e. The molecule has 1 aromatic carbocycles. The largest absolute Gasteiger partial charge is 0.307 e. The molecule has 0 aliphatic rings. The summed E-state index contributed by atoms with van der Waals surface area (Å²) in [6.07, 6.45) is 3.02. The summed E-state index contributed by atoms with van der Waals surface area (Å²) in [6.45, 7) is 3.45. The summed E-state index contributed by atoms with van der Waals surface area (Å²) in [7, 11) is 0. The van der Waals surface area contributed by atoms with Crippen molar-refractivity contribution in [2.75, 3.05) is 5.32 Å². The summed E-state index contributed by atoms with van der Waals surface area (Å²) in [4.78, 5) is 32.9. The molecule has 0 spiro atoms. The number of hydrogen-bond acceptors (Lipinski definition) is 5. The first-order valence-electron chi connectivity index (χ1n) is 9.38. The number of H-pyrrole nitrogens is 1. The number of nitrogens with one attached hydrogen (secondary N) is 2. The Kier molecular flexibility index (Phi) is 5.83. The number of halogens is 1. The SMILES string of the molecule is Cc1nc(-n2nc(-c3cccs3)cc2NC(=O)/C=C/c2ccccc2Cl)[nH]c(=O)c1C. The number of benzene rings is 1. The summed E-state index contributed by atoms with van der Waals surface area (Å²) >= 11 is 7.66. The van der Waals surface area contributed by atoms with Crippen LogP contribution in [0.3, 0.4) is 0 Å². The summed E-state index contributed by atoms with van der Waals surface area (Å²) in [6, 6.07) is 12.8. The maximum absolute atomic E-state index is 12.6. The Morgan fingerprint density at radius 1 is 1.23 bits per heavy atom. The van der Waals surface area contributed by atoms with Crippen LogP contribution >= 0.6 is 22.9 Å². The van der Waals surface area contributed by atoms with Crippen LogP contribution in [-0.2, 0) is 4.79 Å². The Morgan fingerprint density at radius 3 is 2.74 bits per heavy atom. The molecular weight excluding hydrogens is 434 g/mol. The van der Waals surface area contributed by atoms with Crippen molar-refractivity contribution in [2.45, 2.75) is 13.8 Å². The van der Waals surface area contributed by atoms with Gasteiger partial charge in [0.25, 0.3) is 5.56 Å². The van der Waals surface area contributed by atoms with Gasteiger partial charge in [0, 0.05) is 28.4 Å². The maximum Gasteiger partial charge on any atom is 0.255 e. The van der Waals surface area contributed by atoms with Gasteiger partial charge in [-0.25, -0.2) is 4.98 Å². The predicted octanol–water partition coefficient (Wildman–Crippen LogP) is 4.61. The van der Waals surface area contributed by atoms with Gasteiger partial charge < -0.3 is 5.32 Å². The fourth-order valence-corrected chi connectivity index (χ4v) is 3.73. The van der Waals surface area contributed by atoms with E-state index in [0.717, 1.165) is 10.4 Å². The topological polar surface area (TPSA) is 92.7 Å². The second kappa shape index (κ2) is 8.71. The van der Waals surface area contributed by atoms with E-state index in [2.05, 4.69) is 20.4 Å². The monoisotopic (exact) mass is 451 g/mol. The lowest BCUT2D eigenvalue weighted by Gasteiger charge is -2.08. The summed E-state index contributed by atoms with van der Waals surface area (Å²) < 4.78 is 1.42. The van der Waals surface area contributed by atoms with E-state index in [1.807, 2.05) is 35.7 Å². The minimum atomic E-state index is -0.370. The number of aromatic amines is 1. The van der Waals surface area contributed by atoms with E-state index < -0.39 is 0 Å². The molecule has 3 heterocycles. The second-order valence-electron chi connectivity index (χ2n) is 6.75. The van der Waals surface area contributed by atoms with Crippen LogP contribution in [0.15, 0.2) is 58.7 Å². The minimum absolute atomic E-state index is 0.223. The molecule has 0 radical (unpaired) electrons. The number of amides is 1. The Labute approximate surface area is 187 Å². The zero-order chi connectivity index (χ0) is 22.0. The molecule has 1 amide bonds. The fourth-order valence-electron chi connectivity index (χ4n) is 2.85. The lowest BCUT2D eigenvalue weighted by Crippen LogP contribution is -2.20. The van der Waals surface area contributed by atoms with Crippen LogP contribution < -0.4 is 10.9 Å². The molecule has 0 fully saturated rings. The molecular formula is C22H18ClN5O2S. The molecule has 0 aliphatic heterocycles. The van der Waals surface area contributed by atoms with E-state index in [-0.39, 0.29) is 17.4 Å². The van der Waals surface area contributed by atoms with Gasteiger partial charge in [0.05, 0.1) is 4.88 Å². The molecule has 0 atom stereocenters. The number of rotatable bonds is 5. The summed E-state index contributed by atoms with van der Waals surface area (Å²) in [5.74, 6) is 0.231. The molecule has 0 unspecified atom stereocenters. The summed E-state index contributed by atoms with van der Waals surface area (Å²) in [5, 5.41) is 9.85. The highest BCUT2D eigenvalue weighted by molar-refractivity contribution is 7.13. The summed E-state index contributed by atoms with van der Waals surface area (Å²) in [5.41, 5.74) is 2.24. The molecule has 156 valence electrons. The molecule has 7 nitrogen and oxygen atoms in total. The van der Waals surface area contributed by atoms with Crippen molar-refractivity contribution < 1.29 is 4.79 Å². The van der Waals surface area contributed by atoms with Crippen LogP contribution in [0, 0.1) is 13.8 Å². The molecule has 31 heavy (non-hydrogen) atoms. The van der Waals surface area contributed by atoms with E-state index in [9.17, 15) is 9.59 Å². The van der Waals surface area contributed by atoms with Crippen molar-refractivity contribution in [3.8, 4) is 16.5 Å². The van der Waals surface area contributed by atoms with Gasteiger partial charge in [0.15, 0.2) is 0 Å². The van der Waals surface area contributed by atoms with Crippen molar-refractivity contribution in [1.82, 2.24) is 19.7 Å². The average Bonchev–Trinajstić information content (AvgIpc) is 3.41. The highest BCUT2D eigenvalue weighted by Crippen LogP contribution is 2.27. The number of thiophene rings is 1. The lowest BCUT2D eigenvalue weighted by molar-refractivity contribution is -0.111. The van der Waals surface area contributed by atoms with Gasteiger partial charge >= 0.3 is 0 Å². The van der Waals surface area contributed by atoms with Crippen LogP contribution in [0.4, 0.5) is 5.82 Å². The normalized spacial score (nSPS) is 11.2. The number of carbonyl (C=O) groups is 1. The Bertz CT molecular complexity index is 1340. The maximum atomic E-state index is 12.6. The molecule has 4 rings (SSSR count). The van der Waals surface area contributed by atoms with Gasteiger partial charge in [-0.05, 0) is 43.0 Å². The van der Waals surface area contributed by atoms with Gasteiger partial charge in [-0.2, -0.15) is 9.78 Å². The van der Waals surface area contributed by atoms with E-state index in [1.165, 1.54) is 22.1 Å². The highest BCUT2D eigenvalue weighted by atomic mass is 35.5. The van der Waals surface area contributed by atoms with Gasteiger partial charge in [0.2, 0.25) is 11.9 Å². The number of aryl methyl sites for hydroxylation is 1. The Hall–Kier alpha value is -3.49. The first kappa shape index (κ1) is 20.8. The molecule has 3 aromatic heterocycles. The smallest absolute Gasteiger partial charge is 0.255 e. The lowest BCUT2D eigenvalue weighted by atomic mass is 10.2. The zero-order valence-corrected chi connectivity index (χ0v) is 18.3. The number of nitrogens with zero attached hydrogens (tertiary/aromatic N) is 3. The van der Waals surface area contributed by atoms with Crippen LogP contribution in [0.25, 0.3) is 22.6 Å². The van der Waals surface area contributed by atoms with Crippen molar-refractivity contribution in [3.63, 3.8) is 0 Å². The molecule has 0 aliphatic carbocycles. The average molecular weight is 452 g/mol. The van der Waals surface area contributed by atoms with Crippen molar-refractivity contribution in [3.05, 3.63) is 86.1 Å². The first-order chi connectivity index (χ1) is 14.9. The van der Waals surface area contributed by atoms with E-state index in [4.69, 9.17) is 11.6 Å². The van der Waals surface area contributed by atoms with Gasteiger partial charge in [-0.15, -0.1) is 11.3 Å². The predicted molar refractivity (Wildman–Crippen MR) is 124 cm³/mol. The quantitative estimate of drug-likeness (QED) is 0.433. The van der Waals surface area contributed by atoms with Crippen molar-refractivity contribution in [2.24, 2.45) is 0 Å². The number of anilines is 1. The van der Waals surface area contributed by atoms with Gasteiger partial charge in [-0.1, -0.05) is 35.9 Å². The van der Waals surface area contributed by atoms with Crippen LogP contribution in [-0.4, -0.2) is 25.7 Å². The van der Waals surface area contributed by atoms with Gasteiger partial charge in [-0.3, -0.25) is 14.6 Å². The van der Waals surface area contributed by atoms with Crippen LogP contribution in [0.1, 0.15) is 16.8 Å². The second-order valence-corrected chi connectivity index (χ2v) is 8.10.